The average Bonchev–Trinajstić information content (AvgIpc) is 3.17. The van der Waals surface area contributed by atoms with Gasteiger partial charge in [-0.05, 0) is 47.4 Å². The van der Waals surface area contributed by atoms with Crippen LogP contribution in [0.5, 0.6) is 11.5 Å². The summed E-state index contributed by atoms with van der Waals surface area (Å²) in [5.41, 5.74) is 7.35. The van der Waals surface area contributed by atoms with Crippen LogP contribution in [0, 0.1) is 6.92 Å². The molecule has 0 saturated carbocycles. The van der Waals surface area contributed by atoms with Crippen LogP contribution < -0.4 is 4.74 Å². The van der Waals surface area contributed by atoms with Crippen molar-refractivity contribution in [1.29, 1.82) is 0 Å². The Hall–Kier alpha value is -2.89. The number of aldehydes is 1. The summed E-state index contributed by atoms with van der Waals surface area (Å²) < 4.78 is 6.97. The molecule has 0 unspecified atom stereocenters. The topological polar surface area (TPSA) is 59.4 Å². The van der Waals surface area contributed by atoms with E-state index in [0.717, 1.165) is 32.5 Å². The van der Waals surface area contributed by atoms with Gasteiger partial charge in [-0.25, -0.2) is 4.98 Å². The zero-order valence-corrected chi connectivity index (χ0v) is 16.6. The fraction of sp³-hybridized carbons (Fsp3) is 0.0909. The fourth-order valence-corrected chi connectivity index (χ4v) is 4.04. The number of phenols is 1. The summed E-state index contributed by atoms with van der Waals surface area (Å²) in [7, 11) is 0. The Morgan fingerprint density at radius 1 is 1.21 bits per heavy atom. The molecule has 4 aromatic rings. The molecule has 4 nitrogen and oxygen atoms in total. The van der Waals surface area contributed by atoms with Crippen LogP contribution in [-0.4, -0.2) is 16.4 Å². The van der Waals surface area contributed by atoms with E-state index in [1.165, 1.54) is 12.1 Å². The van der Waals surface area contributed by atoms with Gasteiger partial charge in [0, 0.05) is 6.07 Å². The highest BCUT2D eigenvalue weighted by Crippen LogP contribution is 2.33. The van der Waals surface area contributed by atoms with Crippen LogP contribution >= 0.6 is 22.9 Å². The molecule has 0 fully saturated rings. The van der Waals surface area contributed by atoms with Crippen molar-refractivity contribution in [1.82, 2.24) is 4.98 Å². The Morgan fingerprint density at radius 3 is 2.89 bits per heavy atom. The number of aromatic nitrogens is 1. The van der Waals surface area contributed by atoms with E-state index in [4.69, 9.17) is 16.3 Å². The van der Waals surface area contributed by atoms with Crippen LogP contribution in [0.15, 0.2) is 54.0 Å². The molecule has 0 spiro atoms. The summed E-state index contributed by atoms with van der Waals surface area (Å²) in [4.78, 5) is 15.2. The first-order valence-electron chi connectivity index (χ1n) is 8.59. The van der Waals surface area contributed by atoms with Crippen molar-refractivity contribution in [2.45, 2.75) is 13.5 Å². The monoisotopic (exact) mass is 409 g/mol. The maximum absolute atomic E-state index is 10.9. The first-order valence-corrected chi connectivity index (χ1v) is 9.85. The molecule has 0 aliphatic carbocycles. The normalized spacial score (nSPS) is 10.9. The molecule has 140 valence electrons. The van der Waals surface area contributed by atoms with E-state index in [9.17, 15) is 9.90 Å². The zero-order chi connectivity index (χ0) is 19.7. The van der Waals surface area contributed by atoms with Crippen molar-refractivity contribution in [3.8, 4) is 22.6 Å². The van der Waals surface area contributed by atoms with Crippen LogP contribution in [0.1, 0.15) is 21.5 Å². The number of hydrogen-bond acceptors (Lipinski definition) is 5. The molecule has 0 saturated heterocycles. The van der Waals surface area contributed by atoms with Crippen molar-refractivity contribution >= 4 is 39.4 Å². The molecule has 0 bridgehead atoms. The molecular formula is C22H16ClNO3S. The van der Waals surface area contributed by atoms with Crippen LogP contribution in [0.25, 0.3) is 21.3 Å². The summed E-state index contributed by atoms with van der Waals surface area (Å²) >= 11 is 7.78. The van der Waals surface area contributed by atoms with E-state index in [-0.39, 0.29) is 16.3 Å². The molecule has 0 aliphatic heterocycles. The molecule has 0 radical (unpaired) electrons. The third kappa shape index (κ3) is 3.46. The number of ether oxygens (including phenoxy) is 1. The van der Waals surface area contributed by atoms with E-state index >= 15 is 0 Å². The van der Waals surface area contributed by atoms with E-state index in [0.29, 0.717) is 18.6 Å². The lowest BCUT2D eigenvalue weighted by atomic mass is 9.96. The van der Waals surface area contributed by atoms with Gasteiger partial charge in [0.25, 0.3) is 0 Å². The molecule has 1 N–H and O–H groups in total. The van der Waals surface area contributed by atoms with E-state index in [1.54, 1.807) is 11.3 Å². The third-order valence-electron chi connectivity index (χ3n) is 4.68. The van der Waals surface area contributed by atoms with Gasteiger partial charge in [-0.1, -0.05) is 35.9 Å². The van der Waals surface area contributed by atoms with E-state index in [1.807, 2.05) is 23.7 Å². The van der Waals surface area contributed by atoms with Crippen molar-refractivity contribution in [3.63, 3.8) is 0 Å². The largest absolute Gasteiger partial charge is 0.507 e. The minimum absolute atomic E-state index is 0.133. The summed E-state index contributed by atoms with van der Waals surface area (Å²) in [5, 5.41) is 10.1. The Bertz CT molecular complexity index is 1190. The van der Waals surface area contributed by atoms with Gasteiger partial charge < -0.3 is 9.84 Å². The Kier molecular flexibility index (Phi) is 5.03. The molecule has 3 aromatic carbocycles. The van der Waals surface area contributed by atoms with Crippen molar-refractivity contribution in [3.05, 3.63) is 75.8 Å². The maximum Gasteiger partial charge on any atom is 0.153 e. The van der Waals surface area contributed by atoms with Gasteiger partial charge in [0.1, 0.15) is 18.1 Å². The van der Waals surface area contributed by atoms with E-state index < -0.39 is 0 Å². The summed E-state index contributed by atoms with van der Waals surface area (Å²) in [6.07, 6.45) is 0.554. The second kappa shape index (κ2) is 7.62. The zero-order valence-electron chi connectivity index (χ0n) is 15.0. The molecular weight excluding hydrogens is 394 g/mol. The maximum atomic E-state index is 10.9. The SMILES string of the molecule is Cc1c(COc2cc(O)c(C=O)cc2Cl)cccc1-c1ccc2ncsc2c1. The molecule has 28 heavy (non-hydrogen) atoms. The van der Waals surface area contributed by atoms with E-state index in [2.05, 4.69) is 30.1 Å². The van der Waals surface area contributed by atoms with Crippen molar-refractivity contribution < 1.29 is 14.6 Å². The molecule has 6 heteroatoms. The second-order valence-electron chi connectivity index (χ2n) is 6.37. The number of carbonyl (C=O) groups excluding carboxylic acids is 1. The van der Waals surface area contributed by atoms with Crippen LogP contribution in [0.4, 0.5) is 0 Å². The van der Waals surface area contributed by atoms with Crippen molar-refractivity contribution in [2.24, 2.45) is 0 Å². The van der Waals surface area contributed by atoms with Gasteiger partial charge in [-0.3, -0.25) is 4.79 Å². The van der Waals surface area contributed by atoms with Gasteiger partial charge >= 0.3 is 0 Å². The number of fused-ring (bicyclic) bond motifs is 1. The lowest BCUT2D eigenvalue weighted by Gasteiger charge is -2.14. The molecule has 0 atom stereocenters. The quantitative estimate of drug-likeness (QED) is 0.409. The van der Waals surface area contributed by atoms with Crippen LogP contribution in [0.2, 0.25) is 5.02 Å². The predicted octanol–water partition coefficient (Wildman–Crippen LogP) is 6.02. The first kappa shape index (κ1) is 18.5. The smallest absolute Gasteiger partial charge is 0.153 e. The Balaban J connectivity index is 1.62. The molecule has 0 amide bonds. The van der Waals surface area contributed by atoms with Gasteiger partial charge in [-0.15, -0.1) is 11.3 Å². The number of rotatable bonds is 5. The lowest BCUT2D eigenvalue weighted by Crippen LogP contribution is -2.00. The third-order valence-corrected chi connectivity index (χ3v) is 5.77. The average molecular weight is 410 g/mol. The number of thiazole rings is 1. The van der Waals surface area contributed by atoms with Crippen LogP contribution in [0.3, 0.4) is 0 Å². The van der Waals surface area contributed by atoms with Gasteiger partial charge in [0.2, 0.25) is 0 Å². The van der Waals surface area contributed by atoms with Crippen LogP contribution in [-0.2, 0) is 6.61 Å². The highest BCUT2D eigenvalue weighted by Gasteiger charge is 2.12. The highest BCUT2D eigenvalue weighted by atomic mass is 35.5. The predicted molar refractivity (Wildman–Crippen MR) is 113 cm³/mol. The molecule has 4 rings (SSSR count). The van der Waals surface area contributed by atoms with Crippen molar-refractivity contribution in [2.75, 3.05) is 0 Å². The number of phenolic OH excluding ortho intramolecular Hbond substituents is 1. The van der Waals surface area contributed by atoms with Gasteiger partial charge in [-0.2, -0.15) is 0 Å². The minimum atomic E-state index is -0.155. The number of hydrogen-bond donors (Lipinski definition) is 1. The minimum Gasteiger partial charge on any atom is -0.507 e. The fourth-order valence-electron chi connectivity index (χ4n) is 3.09. The Morgan fingerprint density at radius 2 is 2.07 bits per heavy atom. The highest BCUT2D eigenvalue weighted by molar-refractivity contribution is 7.16. The number of halogens is 1. The van der Waals surface area contributed by atoms with Gasteiger partial charge in [0.15, 0.2) is 6.29 Å². The number of aromatic hydroxyl groups is 1. The number of benzene rings is 3. The Labute approximate surface area is 171 Å². The lowest BCUT2D eigenvalue weighted by molar-refractivity contribution is 0.112. The number of carbonyl (C=O) groups is 1. The molecule has 0 aliphatic rings. The second-order valence-corrected chi connectivity index (χ2v) is 7.67. The molecule has 1 heterocycles. The summed E-state index contributed by atoms with van der Waals surface area (Å²) in [6, 6.07) is 15.1. The number of nitrogens with zero attached hydrogens (tertiary/aromatic N) is 1. The standard InChI is InChI=1S/C22H16ClNO3S/c1-13-15(11-27-21-9-20(26)16(10-25)7-18(21)23)3-2-4-17(13)14-5-6-19-22(8-14)28-12-24-19/h2-10,12,26H,11H2,1H3. The van der Waals surface area contributed by atoms with Gasteiger partial charge in [0.05, 0.1) is 26.3 Å². The summed E-state index contributed by atoms with van der Waals surface area (Å²) in [6.45, 7) is 2.35. The first-order chi connectivity index (χ1) is 13.6. The summed E-state index contributed by atoms with van der Waals surface area (Å²) in [5.74, 6) is 0.179. The molecule has 1 aromatic heterocycles.